The summed E-state index contributed by atoms with van der Waals surface area (Å²) in [6.07, 6.45) is 6.10. The van der Waals surface area contributed by atoms with Gasteiger partial charge in [-0.3, -0.25) is 0 Å². The molecule has 90 valence electrons. The largest absolute Gasteiger partial charge is 0.388 e. The van der Waals surface area contributed by atoms with Gasteiger partial charge < -0.3 is 5.11 Å². The highest BCUT2D eigenvalue weighted by atomic mass is 16.3. The molecule has 2 bridgehead atoms. The Labute approximate surface area is 98.9 Å². The van der Waals surface area contributed by atoms with Crippen LogP contribution in [0.5, 0.6) is 0 Å². The number of aliphatic hydroxyl groups is 1. The van der Waals surface area contributed by atoms with Crippen molar-refractivity contribution in [3.8, 4) is 0 Å². The summed E-state index contributed by atoms with van der Waals surface area (Å²) in [7, 11) is 0. The SMILES string of the molecule is C=C1C(O)[C@]23CC[C@H]1[C@@]2(C)CCCC3(C)C. The lowest BCUT2D eigenvalue weighted by Crippen LogP contribution is -2.53. The smallest absolute Gasteiger partial charge is 0.0817 e. The molecule has 16 heavy (non-hydrogen) atoms. The van der Waals surface area contributed by atoms with Crippen molar-refractivity contribution in [3.05, 3.63) is 12.2 Å². The van der Waals surface area contributed by atoms with Crippen molar-refractivity contribution in [3.63, 3.8) is 0 Å². The third-order valence-corrected chi connectivity index (χ3v) is 6.59. The van der Waals surface area contributed by atoms with Gasteiger partial charge in [0.05, 0.1) is 6.10 Å². The first-order chi connectivity index (χ1) is 7.37. The summed E-state index contributed by atoms with van der Waals surface area (Å²) in [6.45, 7) is 11.4. The van der Waals surface area contributed by atoms with Gasteiger partial charge in [-0.15, -0.1) is 0 Å². The Balaban J connectivity index is 2.21. The Hall–Kier alpha value is -0.300. The molecule has 0 aromatic rings. The fourth-order valence-electron chi connectivity index (χ4n) is 5.84. The maximum atomic E-state index is 10.7. The fourth-order valence-corrected chi connectivity index (χ4v) is 5.84. The molecule has 1 unspecified atom stereocenters. The molecule has 3 rings (SSSR count). The molecule has 0 aromatic carbocycles. The van der Waals surface area contributed by atoms with Crippen molar-refractivity contribution in [1.29, 1.82) is 0 Å². The summed E-state index contributed by atoms with van der Waals surface area (Å²) in [5.41, 5.74) is 1.86. The fraction of sp³-hybridized carbons (Fsp3) is 0.867. The molecule has 1 heteroatoms. The van der Waals surface area contributed by atoms with Gasteiger partial charge >= 0.3 is 0 Å². The molecule has 3 aliphatic rings. The van der Waals surface area contributed by atoms with Gasteiger partial charge in [0.1, 0.15) is 0 Å². The summed E-state index contributed by atoms with van der Waals surface area (Å²) >= 11 is 0. The van der Waals surface area contributed by atoms with E-state index >= 15 is 0 Å². The second-order valence-corrected chi connectivity index (χ2v) is 7.19. The number of aliphatic hydroxyl groups excluding tert-OH is 1. The molecule has 1 N–H and O–H groups in total. The highest BCUT2D eigenvalue weighted by molar-refractivity contribution is 5.34. The van der Waals surface area contributed by atoms with Crippen LogP contribution in [0.15, 0.2) is 12.2 Å². The molecule has 0 amide bonds. The minimum Gasteiger partial charge on any atom is -0.388 e. The van der Waals surface area contributed by atoms with E-state index in [2.05, 4.69) is 27.4 Å². The Bertz CT molecular complexity index is 356. The van der Waals surface area contributed by atoms with Crippen LogP contribution < -0.4 is 0 Å². The van der Waals surface area contributed by atoms with Gasteiger partial charge in [-0.1, -0.05) is 33.8 Å². The van der Waals surface area contributed by atoms with Crippen molar-refractivity contribution in [1.82, 2.24) is 0 Å². The summed E-state index contributed by atoms with van der Waals surface area (Å²) in [6, 6.07) is 0. The molecule has 1 nitrogen and oxygen atoms in total. The van der Waals surface area contributed by atoms with Crippen LogP contribution in [-0.2, 0) is 0 Å². The van der Waals surface area contributed by atoms with Gasteiger partial charge in [-0.25, -0.2) is 0 Å². The van der Waals surface area contributed by atoms with Crippen molar-refractivity contribution in [2.45, 2.75) is 59.0 Å². The lowest BCUT2D eigenvalue weighted by Gasteiger charge is -2.57. The molecule has 3 saturated carbocycles. The maximum absolute atomic E-state index is 10.7. The predicted molar refractivity (Wildman–Crippen MR) is 66.0 cm³/mol. The zero-order valence-corrected chi connectivity index (χ0v) is 10.8. The summed E-state index contributed by atoms with van der Waals surface area (Å²) in [5.74, 6) is 0.585. The van der Waals surface area contributed by atoms with Gasteiger partial charge in [0.15, 0.2) is 0 Å². The van der Waals surface area contributed by atoms with Crippen LogP contribution in [0.3, 0.4) is 0 Å². The van der Waals surface area contributed by atoms with Crippen LogP contribution in [0.25, 0.3) is 0 Å². The standard InChI is InChI=1S/C15H24O/c1-10-11-6-9-15(12(10)16)13(2,3)7-5-8-14(11,15)4/h11-12,16H,1,5-9H2,2-4H3/t11-,12?,14-,15+/m1/s1. The lowest BCUT2D eigenvalue weighted by atomic mass is 9.48. The molecule has 0 aliphatic heterocycles. The Kier molecular flexibility index (Phi) is 1.86. The van der Waals surface area contributed by atoms with E-state index in [1.54, 1.807) is 0 Å². The normalized spacial score (nSPS) is 54.1. The second kappa shape index (κ2) is 2.75. The molecule has 0 saturated heterocycles. The van der Waals surface area contributed by atoms with Crippen molar-refractivity contribution < 1.29 is 5.11 Å². The zero-order valence-electron chi connectivity index (χ0n) is 10.8. The van der Waals surface area contributed by atoms with Crippen molar-refractivity contribution in [2.24, 2.45) is 22.2 Å². The number of hydrogen-bond donors (Lipinski definition) is 1. The summed E-state index contributed by atoms with van der Waals surface area (Å²) in [5, 5.41) is 10.7. The second-order valence-electron chi connectivity index (χ2n) is 7.19. The van der Waals surface area contributed by atoms with Crippen LogP contribution in [0, 0.1) is 22.2 Å². The van der Waals surface area contributed by atoms with Crippen molar-refractivity contribution >= 4 is 0 Å². The molecule has 0 heterocycles. The zero-order chi connectivity index (χ0) is 11.8. The van der Waals surface area contributed by atoms with Gasteiger partial charge in [0.2, 0.25) is 0 Å². The van der Waals surface area contributed by atoms with E-state index in [0.717, 1.165) is 5.57 Å². The number of rotatable bonds is 0. The molecule has 0 spiro atoms. The molecule has 0 aromatic heterocycles. The Morgan fingerprint density at radius 3 is 2.50 bits per heavy atom. The van der Waals surface area contributed by atoms with E-state index in [1.807, 2.05) is 0 Å². The molecule has 3 fully saturated rings. The van der Waals surface area contributed by atoms with Crippen molar-refractivity contribution in [2.75, 3.05) is 0 Å². The van der Waals surface area contributed by atoms with E-state index in [4.69, 9.17) is 0 Å². The highest BCUT2D eigenvalue weighted by Gasteiger charge is 2.73. The molecule has 0 radical (unpaired) electrons. The van der Waals surface area contributed by atoms with E-state index in [1.165, 1.54) is 32.1 Å². The topological polar surface area (TPSA) is 20.2 Å². The van der Waals surface area contributed by atoms with E-state index in [9.17, 15) is 5.11 Å². The third-order valence-electron chi connectivity index (χ3n) is 6.59. The van der Waals surface area contributed by atoms with Gasteiger partial charge in [-0.2, -0.15) is 0 Å². The molecule has 3 aliphatic carbocycles. The first kappa shape index (κ1) is 10.8. The summed E-state index contributed by atoms with van der Waals surface area (Å²) in [4.78, 5) is 0. The quantitative estimate of drug-likeness (QED) is 0.619. The molecular formula is C15H24O. The van der Waals surface area contributed by atoms with Crippen LogP contribution in [0.1, 0.15) is 52.9 Å². The lowest BCUT2D eigenvalue weighted by molar-refractivity contribution is -0.124. The highest BCUT2D eigenvalue weighted by Crippen LogP contribution is 2.77. The van der Waals surface area contributed by atoms with Crippen LogP contribution in [0.4, 0.5) is 0 Å². The predicted octanol–water partition coefficient (Wildman–Crippen LogP) is 3.53. The van der Waals surface area contributed by atoms with E-state index < -0.39 is 0 Å². The Morgan fingerprint density at radius 2 is 1.88 bits per heavy atom. The monoisotopic (exact) mass is 220 g/mol. The van der Waals surface area contributed by atoms with Gasteiger partial charge in [0.25, 0.3) is 0 Å². The van der Waals surface area contributed by atoms with Crippen LogP contribution in [0.2, 0.25) is 0 Å². The van der Waals surface area contributed by atoms with E-state index in [0.29, 0.717) is 11.3 Å². The van der Waals surface area contributed by atoms with Crippen LogP contribution >= 0.6 is 0 Å². The third kappa shape index (κ3) is 0.827. The average molecular weight is 220 g/mol. The van der Waals surface area contributed by atoms with Gasteiger partial charge in [-0.05, 0) is 48.0 Å². The molecule has 4 atom stereocenters. The molecular weight excluding hydrogens is 196 g/mol. The van der Waals surface area contributed by atoms with Gasteiger partial charge in [0, 0.05) is 5.41 Å². The average Bonchev–Trinajstić information content (AvgIpc) is 2.57. The minimum absolute atomic E-state index is 0.125. The van der Waals surface area contributed by atoms with Crippen LogP contribution in [-0.4, -0.2) is 11.2 Å². The first-order valence-electron chi connectivity index (χ1n) is 6.74. The summed E-state index contributed by atoms with van der Waals surface area (Å²) < 4.78 is 0. The maximum Gasteiger partial charge on any atom is 0.0817 e. The minimum atomic E-state index is -0.244. The first-order valence-corrected chi connectivity index (χ1v) is 6.74. The van der Waals surface area contributed by atoms with E-state index in [-0.39, 0.29) is 16.9 Å². The number of hydrogen-bond acceptors (Lipinski definition) is 1. The Morgan fingerprint density at radius 1 is 1.19 bits per heavy atom.